The van der Waals surface area contributed by atoms with Crippen LogP contribution in [0.1, 0.15) is 25.7 Å². The zero-order chi connectivity index (χ0) is 22.5. The summed E-state index contributed by atoms with van der Waals surface area (Å²) in [6.45, 7) is 3.73. The highest BCUT2D eigenvalue weighted by molar-refractivity contribution is 7.80. The quantitative estimate of drug-likeness (QED) is 0.292. The Morgan fingerprint density at radius 3 is 2.71 bits per heavy atom. The zero-order valence-corrected chi connectivity index (χ0v) is 18.3. The molecule has 0 spiro atoms. The minimum atomic E-state index is -0.607. The Balaban J connectivity index is 1.78. The molecule has 2 N–H and O–H groups in total. The number of nitro groups is 1. The van der Waals surface area contributed by atoms with Gasteiger partial charge in [0.15, 0.2) is 10.2 Å². The predicted octanol–water partition coefficient (Wildman–Crippen LogP) is 2.11. The minimum Gasteiger partial charge on any atom is -0.465 e. The van der Waals surface area contributed by atoms with Crippen molar-refractivity contribution in [2.24, 2.45) is 0 Å². The molecule has 1 aliphatic heterocycles. The number of methoxy groups -OCH3 is 1. The molecule has 0 atom stereocenters. The van der Waals surface area contributed by atoms with Crippen molar-refractivity contribution in [3.63, 3.8) is 0 Å². The van der Waals surface area contributed by atoms with E-state index in [4.69, 9.17) is 21.7 Å². The van der Waals surface area contributed by atoms with E-state index in [0.717, 1.165) is 11.3 Å². The number of aryl methyl sites for hydroxylation is 1. The van der Waals surface area contributed by atoms with E-state index in [1.807, 2.05) is 4.90 Å². The van der Waals surface area contributed by atoms with Crippen LogP contribution in [0.15, 0.2) is 18.2 Å². The number of thiazole rings is 1. The Kier molecular flexibility index (Phi) is 7.09. The van der Waals surface area contributed by atoms with E-state index in [2.05, 4.69) is 15.6 Å². The number of carbonyl (C=O) groups is 2. The number of nitrogens with one attached hydrogen (secondary N) is 2. The maximum Gasteiger partial charge on any atom is 0.350 e. The largest absolute Gasteiger partial charge is 0.465 e. The lowest BCUT2D eigenvalue weighted by atomic mass is 10.1. The number of rotatable bonds is 5. The number of hydrogen-bond donors (Lipinski definition) is 2. The van der Waals surface area contributed by atoms with Gasteiger partial charge in [-0.2, -0.15) is 0 Å². The summed E-state index contributed by atoms with van der Waals surface area (Å²) in [6, 6.07) is 4.11. The molecule has 0 bridgehead atoms. The number of nitrogens with zero attached hydrogens (tertiary/aromatic N) is 3. The predicted molar refractivity (Wildman–Crippen MR) is 118 cm³/mol. The van der Waals surface area contributed by atoms with Crippen molar-refractivity contribution in [3.05, 3.63) is 44.4 Å². The SMILES string of the molecule is COC(=O)c1sc(NC(=S)NC(=O)c2cc([N+](=O)[O-])ccc2N2CCOCC2)nc1C. The second-order valence-corrected chi connectivity index (χ2v) is 7.80. The van der Waals surface area contributed by atoms with Crippen LogP contribution in [0.5, 0.6) is 0 Å². The third kappa shape index (κ3) is 5.31. The first kappa shape index (κ1) is 22.5. The number of thiocarbonyl (C=S) groups is 1. The maximum atomic E-state index is 12.9. The Hall–Kier alpha value is -3.16. The summed E-state index contributed by atoms with van der Waals surface area (Å²) in [5, 5.41) is 16.7. The van der Waals surface area contributed by atoms with Gasteiger partial charge in [0.1, 0.15) is 4.88 Å². The molecule has 0 unspecified atom stereocenters. The van der Waals surface area contributed by atoms with Gasteiger partial charge in [0, 0.05) is 25.2 Å². The molecule has 0 aliphatic carbocycles. The summed E-state index contributed by atoms with van der Waals surface area (Å²) >= 11 is 6.21. The van der Waals surface area contributed by atoms with Crippen molar-refractivity contribution in [1.29, 1.82) is 0 Å². The van der Waals surface area contributed by atoms with Gasteiger partial charge >= 0.3 is 5.97 Å². The lowest BCUT2D eigenvalue weighted by Gasteiger charge is -2.30. The van der Waals surface area contributed by atoms with Crippen LogP contribution < -0.4 is 15.5 Å². The van der Waals surface area contributed by atoms with Crippen LogP contribution >= 0.6 is 23.6 Å². The normalized spacial score (nSPS) is 13.4. The molecule has 1 aliphatic rings. The molecular weight excluding hydrogens is 446 g/mol. The van der Waals surface area contributed by atoms with Crippen LogP contribution in [-0.2, 0) is 9.47 Å². The van der Waals surface area contributed by atoms with Gasteiger partial charge < -0.3 is 19.7 Å². The van der Waals surface area contributed by atoms with E-state index in [-0.39, 0.29) is 16.4 Å². The molecule has 1 saturated heterocycles. The number of amides is 1. The molecular formula is C18H19N5O6S2. The maximum absolute atomic E-state index is 12.9. The van der Waals surface area contributed by atoms with Crippen molar-refractivity contribution in [2.75, 3.05) is 43.6 Å². The highest BCUT2D eigenvalue weighted by Gasteiger charge is 2.23. The Bertz CT molecular complexity index is 1030. The summed E-state index contributed by atoms with van der Waals surface area (Å²) in [7, 11) is 1.27. The van der Waals surface area contributed by atoms with Crippen LogP contribution in [0.25, 0.3) is 0 Å². The number of esters is 1. The first-order valence-corrected chi connectivity index (χ1v) is 10.3. The van der Waals surface area contributed by atoms with E-state index in [1.54, 1.807) is 13.0 Å². The molecule has 0 saturated carbocycles. The van der Waals surface area contributed by atoms with Gasteiger partial charge in [-0.25, -0.2) is 9.78 Å². The third-order valence-corrected chi connectivity index (χ3v) is 5.66. The molecule has 164 valence electrons. The molecule has 2 aromatic rings. The smallest absolute Gasteiger partial charge is 0.350 e. The van der Waals surface area contributed by atoms with Crippen molar-refractivity contribution >= 4 is 57.0 Å². The van der Waals surface area contributed by atoms with Gasteiger partial charge in [0.25, 0.3) is 11.6 Å². The van der Waals surface area contributed by atoms with E-state index >= 15 is 0 Å². The van der Waals surface area contributed by atoms with E-state index in [9.17, 15) is 19.7 Å². The molecule has 0 radical (unpaired) electrons. The molecule has 31 heavy (non-hydrogen) atoms. The summed E-state index contributed by atoms with van der Waals surface area (Å²) in [5.74, 6) is -1.13. The second kappa shape index (κ2) is 9.76. The first-order chi connectivity index (χ1) is 14.8. The monoisotopic (exact) mass is 465 g/mol. The number of non-ortho nitro benzene ring substituents is 1. The summed E-state index contributed by atoms with van der Waals surface area (Å²) in [4.78, 5) is 41.7. The molecule has 3 rings (SSSR count). The van der Waals surface area contributed by atoms with Crippen molar-refractivity contribution in [3.8, 4) is 0 Å². The topological polar surface area (TPSA) is 136 Å². The Morgan fingerprint density at radius 1 is 1.35 bits per heavy atom. The number of aromatic nitrogens is 1. The zero-order valence-electron chi connectivity index (χ0n) is 16.7. The lowest BCUT2D eigenvalue weighted by molar-refractivity contribution is -0.384. The second-order valence-electron chi connectivity index (χ2n) is 6.39. The van der Waals surface area contributed by atoms with Crippen LogP contribution in [0.2, 0.25) is 0 Å². The van der Waals surface area contributed by atoms with Gasteiger partial charge in [-0.15, -0.1) is 0 Å². The average molecular weight is 466 g/mol. The number of ether oxygens (including phenoxy) is 2. The fourth-order valence-electron chi connectivity index (χ4n) is 2.93. The highest BCUT2D eigenvalue weighted by Crippen LogP contribution is 2.27. The number of anilines is 2. The molecule has 1 fully saturated rings. The van der Waals surface area contributed by atoms with E-state index < -0.39 is 16.8 Å². The minimum absolute atomic E-state index is 0.0606. The molecule has 2 heterocycles. The number of carbonyl (C=O) groups excluding carboxylic acids is 2. The summed E-state index contributed by atoms with van der Waals surface area (Å²) < 4.78 is 10.0. The van der Waals surface area contributed by atoms with Crippen LogP contribution in [-0.4, -0.2) is 60.3 Å². The summed E-state index contributed by atoms with van der Waals surface area (Å²) in [5.41, 5.74) is 0.916. The summed E-state index contributed by atoms with van der Waals surface area (Å²) in [6.07, 6.45) is 0. The van der Waals surface area contributed by atoms with Gasteiger partial charge in [0.05, 0.1) is 42.2 Å². The van der Waals surface area contributed by atoms with E-state index in [1.165, 1.54) is 19.2 Å². The fraction of sp³-hybridized carbons (Fsp3) is 0.333. The lowest BCUT2D eigenvalue weighted by Crippen LogP contribution is -2.39. The Morgan fingerprint density at radius 2 is 2.06 bits per heavy atom. The molecule has 1 amide bonds. The van der Waals surface area contributed by atoms with Crippen molar-refractivity contribution < 1.29 is 24.0 Å². The standard InChI is InChI=1S/C18H19N5O6S2/c1-10-14(16(25)28-2)31-18(19-10)21-17(30)20-15(24)12-9-11(23(26)27)3-4-13(12)22-5-7-29-8-6-22/h3-4,9H,5-8H2,1-2H3,(H2,19,20,21,24,30). The highest BCUT2D eigenvalue weighted by atomic mass is 32.1. The molecule has 11 nitrogen and oxygen atoms in total. The average Bonchev–Trinajstić information content (AvgIpc) is 3.12. The van der Waals surface area contributed by atoms with E-state index in [0.29, 0.717) is 47.7 Å². The molecule has 13 heteroatoms. The number of hydrogen-bond acceptors (Lipinski definition) is 10. The van der Waals surface area contributed by atoms with Crippen LogP contribution in [0.3, 0.4) is 0 Å². The van der Waals surface area contributed by atoms with Crippen LogP contribution in [0, 0.1) is 17.0 Å². The van der Waals surface area contributed by atoms with Gasteiger partial charge in [0.2, 0.25) is 0 Å². The number of morpholine rings is 1. The molecule has 1 aromatic heterocycles. The Labute approximate surface area is 186 Å². The van der Waals surface area contributed by atoms with Crippen molar-refractivity contribution in [1.82, 2.24) is 10.3 Å². The number of nitro benzene ring substituents is 1. The van der Waals surface area contributed by atoms with Gasteiger partial charge in [-0.05, 0) is 25.2 Å². The third-order valence-electron chi connectivity index (χ3n) is 4.40. The van der Waals surface area contributed by atoms with Gasteiger partial charge in [-0.1, -0.05) is 11.3 Å². The van der Waals surface area contributed by atoms with Crippen molar-refractivity contribution in [2.45, 2.75) is 6.92 Å². The number of benzene rings is 1. The first-order valence-electron chi connectivity index (χ1n) is 9.09. The van der Waals surface area contributed by atoms with Gasteiger partial charge in [-0.3, -0.25) is 20.2 Å². The fourth-order valence-corrected chi connectivity index (χ4v) is 4.07. The van der Waals surface area contributed by atoms with Crippen LogP contribution in [0.4, 0.5) is 16.5 Å². The molecule has 1 aromatic carbocycles.